The summed E-state index contributed by atoms with van der Waals surface area (Å²) in [5.74, 6) is -0.329. The number of nitrogens with zero attached hydrogens (tertiary/aromatic N) is 2. The number of anilines is 3. The van der Waals surface area contributed by atoms with Gasteiger partial charge in [0.2, 0.25) is 5.91 Å². The first kappa shape index (κ1) is 15.1. The zero-order valence-corrected chi connectivity index (χ0v) is 13.3. The number of rotatable bonds is 2. The maximum Gasteiger partial charge on any atom is 0.257 e. The van der Waals surface area contributed by atoms with E-state index < -0.39 is 0 Å². The molecule has 2 amide bonds. The SMILES string of the molecule is O=C1Nc2ccccc2N(C(=O)Cc2ccncc2)c2ccccc21. The Hall–Kier alpha value is -3.47. The average Bonchev–Trinajstić information content (AvgIpc) is 2.76. The normalized spacial score (nSPS) is 12.6. The van der Waals surface area contributed by atoms with Crippen LogP contribution in [-0.4, -0.2) is 16.8 Å². The summed E-state index contributed by atoms with van der Waals surface area (Å²) in [6.45, 7) is 0. The van der Waals surface area contributed by atoms with E-state index in [9.17, 15) is 9.59 Å². The van der Waals surface area contributed by atoms with Crippen LogP contribution in [0.5, 0.6) is 0 Å². The molecule has 0 unspecified atom stereocenters. The lowest BCUT2D eigenvalue weighted by Gasteiger charge is -2.24. The molecule has 0 atom stereocenters. The van der Waals surface area contributed by atoms with Gasteiger partial charge in [-0.05, 0) is 42.0 Å². The van der Waals surface area contributed by atoms with Gasteiger partial charge in [-0.25, -0.2) is 0 Å². The molecule has 0 saturated carbocycles. The topological polar surface area (TPSA) is 62.3 Å². The van der Waals surface area contributed by atoms with Gasteiger partial charge >= 0.3 is 0 Å². The lowest BCUT2D eigenvalue weighted by molar-refractivity contribution is -0.117. The number of hydrogen-bond donors (Lipinski definition) is 1. The second kappa shape index (κ2) is 6.20. The highest BCUT2D eigenvalue weighted by Crippen LogP contribution is 2.37. The molecule has 1 aliphatic heterocycles. The van der Waals surface area contributed by atoms with Crippen LogP contribution in [0, 0.1) is 0 Å². The highest BCUT2D eigenvalue weighted by molar-refractivity contribution is 6.17. The monoisotopic (exact) mass is 329 g/mol. The molecule has 122 valence electrons. The predicted molar refractivity (Wildman–Crippen MR) is 95.9 cm³/mol. The largest absolute Gasteiger partial charge is 0.320 e. The molecule has 3 aromatic rings. The van der Waals surface area contributed by atoms with Crippen LogP contribution in [0.25, 0.3) is 0 Å². The van der Waals surface area contributed by atoms with Crippen molar-refractivity contribution in [1.82, 2.24) is 4.98 Å². The fourth-order valence-corrected chi connectivity index (χ4v) is 2.98. The molecule has 2 aromatic carbocycles. The summed E-state index contributed by atoms with van der Waals surface area (Å²) in [6.07, 6.45) is 3.55. The molecule has 1 aromatic heterocycles. The number of pyridine rings is 1. The lowest BCUT2D eigenvalue weighted by Crippen LogP contribution is -2.28. The van der Waals surface area contributed by atoms with Crippen LogP contribution in [0.15, 0.2) is 73.1 Å². The summed E-state index contributed by atoms with van der Waals surface area (Å²) < 4.78 is 0. The van der Waals surface area contributed by atoms with Crippen LogP contribution in [0.1, 0.15) is 15.9 Å². The minimum Gasteiger partial charge on any atom is -0.320 e. The van der Waals surface area contributed by atoms with Crippen LogP contribution in [0.3, 0.4) is 0 Å². The lowest BCUT2D eigenvalue weighted by atomic mass is 10.1. The van der Waals surface area contributed by atoms with Gasteiger partial charge in [0, 0.05) is 12.4 Å². The van der Waals surface area contributed by atoms with Gasteiger partial charge in [-0.3, -0.25) is 19.5 Å². The van der Waals surface area contributed by atoms with Gasteiger partial charge in [0.15, 0.2) is 0 Å². The molecular formula is C20H15N3O2. The van der Waals surface area contributed by atoms with Crippen LogP contribution in [0.2, 0.25) is 0 Å². The third-order valence-corrected chi connectivity index (χ3v) is 4.14. The summed E-state index contributed by atoms with van der Waals surface area (Å²) in [7, 11) is 0. The Bertz CT molecular complexity index is 954. The fraction of sp³-hybridized carbons (Fsp3) is 0.0500. The fourth-order valence-electron chi connectivity index (χ4n) is 2.98. The first-order valence-corrected chi connectivity index (χ1v) is 7.95. The summed E-state index contributed by atoms with van der Waals surface area (Å²) in [6, 6.07) is 18.1. The highest BCUT2D eigenvalue weighted by atomic mass is 16.2. The van der Waals surface area contributed by atoms with Crippen molar-refractivity contribution in [2.75, 3.05) is 10.2 Å². The molecule has 25 heavy (non-hydrogen) atoms. The van der Waals surface area contributed by atoms with Crippen LogP contribution in [-0.2, 0) is 11.2 Å². The second-order valence-corrected chi connectivity index (χ2v) is 5.75. The van der Waals surface area contributed by atoms with Crippen molar-refractivity contribution >= 4 is 28.9 Å². The number of carbonyl (C=O) groups excluding carboxylic acids is 2. The Morgan fingerprint density at radius 3 is 2.40 bits per heavy atom. The number of benzene rings is 2. The van der Waals surface area contributed by atoms with E-state index in [-0.39, 0.29) is 18.2 Å². The summed E-state index contributed by atoms with van der Waals surface area (Å²) in [5.41, 5.74) is 3.22. The van der Waals surface area contributed by atoms with Crippen molar-refractivity contribution < 1.29 is 9.59 Å². The summed E-state index contributed by atoms with van der Waals surface area (Å²) >= 11 is 0. The van der Waals surface area contributed by atoms with Gasteiger partial charge < -0.3 is 5.32 Å². The van der Waals surface area contributed by atoms with E-state index in [2.05, 4.69) is 10.3 Å². The molecule has 0 saturated heterocycles. The van der Waals surface area contributed by atoms with Crippen molar-refractivity contribution in [3.05, 3.63) is 84.2 Å². The molecule has 0 fully saturated rings. The van der Waals surface area contributed by atoms with Gasteiger partial charge in [-0.1, -0.05) is 24.3 Å². The summed E-state index contributed by atoms with van der Waals surface area (Å²) in [4.78, 5) is 31.3. The Labute approximate surface area is 144 Å². The smallest absolute Gasteiger partial charge is 0.257 e. The van der Waals surface area contributed by atoms with Crippen LogP contribution in [0.4, 0.5) is 17.1 Å². The number of amides is 2. The van der Waals surface area contributed by atoms with E-state index in [1.54, 1.807) is 41.6 Å². The maximum absolute atomic E-state index is 13.1. The minimum absolute atomic E-state index is 0.109. The molecule has 5 heteroatoms. The van der Waals surface area contributed by atoms with Crippen molar-refractivity contribution in [3.8, 4) is 0 Å². The van der Waals surface area contributed by atoms with E-state index in [4.69, 9.17) is 0 Å². The van der Waals surface area contributed by atoms with E-state index >= 15 is 0 Å². The van der Waals surface area contributed by atoms with Gasteiger partial charge in [0.1, 0.15) is 0 Å². The van der Waals surface area contributed by atoms with Gasteiger partial charge in [0.05, 0.1) is 29.0 Å². The van der Waals surface area contributed by atoms with Crippen molar-refractivity contribution in [2.45, 2.75) is 6.42 Å². The number of hydrogen-bond acceptors (Lipinski definition) is 3. The Morgan fingerprint density at radius 1 is 0.920 bits per heavy atom. The zero-order chi connectivity index (χ0) is 17.2. The average molecular weight is 329 g/mol. The van der Waals surface area contributed by atoms with Crippen molar-refractivity contribution in [1.29, 1.82) is 0 Å². The predicted octanol–water partition coefficient (Wildman–Crippen LogP) is 3.55. The molecule has 0 aliphatic carbocycles. The highest BCUT2D eigenvalue weighted by Gasteiger charge is 2.28. The van der Waals surface area contributed by atoms with E-state index in [0.717, 1.165) is 5.56 Å². The van der Waals surface area contributed by atoms with Crippen molar-refractivity contribution in [3.63, 3.8) is 0 Å². The number of para-hydroxylation sites is 3. The summed E-state index contributed by atoms with van der Waals surface area (Å²) in [5, 5.41) is 2.88. The number of fused-ring (bicyclic) bond motifs is 2. The molecule has 0 bridgehead atoms. The number of aromatic nitrogens is 1. The standard InChI is InChI=1S/C20H15N3O2/c24-19(13-14-9-11-21-12-10-14)23-17-7-3-1-5-15(17)20(25)22-16-6-2-4-8-18(16)23/h1-12H,13H2,(H,22,25). The van der Waals surface area contributed by atoms with E-state index in [1.165, 1.54) is 0 Å². The van der Waals surface area contributed by atoms with E-state index in [0.29, 0.717) is 22.6 Å². The van der Waals surface area contributed by atoms with Gasteiger partial charge in [-0.15, -0.1) is 0 Å². The number of nitrogens with one attached hydrogen (secondary N) is 1. The van der Waals surface area contributed by atoms with Crippen LogP contribution < -0.4 is 10.2 Å². The zero-order valence-electron chi connectivity index (χ0n) is 13.3. The van der Waals surface area contributed by atoms with Crippen molar-refractivity contribution in [2.24, 2.45) is 0 Å². The molecule has 1 aliphatic rings. The molecule has 2 heterocycles. The molecule has 4 rings (SSSR count). The maximum atomic E-state index is 13.1. The van der Waals surface area contributed by atoms with Crippen LogP contribution >= 0.6 is 0 Å². The Morgan fingerprint density at radius 2 is 1.60 bits per heavy atom. The third kappa shape index (κ3) is 2.76. The van der Waals surface area contributed by atoms with Gasteiger partial charge in [0.25, 0.3) is 5.91 Å². The van der Waals surface area contributed by atoms with Gasteiger partial charge in [-0.2, -0.15) is 0 Å². The molecular weight excluding hydrogens is 314 g/mol. The Balaban J connectivity index is 1.84. The quantitative estimate of drug-likeness (QED) is 0.782. The first-order valence-electron chi connectivity index (χ1n) is 7.95. The van der Waals surface area contributed by atoms with E-state index in [1.807, 2.05) is 36.4 Å². The number of carbonyl (C=O) groups is 2. The minimum atomic E-state index is -0.220. The first-order chi connectivity index (χ1) is 12.2. The Kier molecular flexibility index (Phi) is 3.74. The molecule has 0 spiro atoms. The molecule has 0 radical (unpaired) electrons. The second-order valence-electron chi connectivity index (χ2n) is 5.75. The molecule has 5 nitrogen and oxygen atoms in total. The third-order valence-electron chi connectivity index (χ3n) is 4.14. The molecule has 1 N–H and O–H groups in total.